The monoisotopic (exact) mass is 470 g/mol. The second-order valence-corrected chi connectivity index (χ2v) is 9.22. The van der Waals surface area contributed by atoms with Crippen molar-refractivity contribution >= 4 is 6.08 Å². The van der Waals surface area contributed by atoms with Gasteiger partial charge >= 0.3 is 0 Å². The summed E-state index contributed by atoms with van der Waals surface area (Å²) in [5.74, 6) is -0.180. The SMILES string of the molecule is C=CCc1ccc(-c2ccc(-c3ccc(C=CCCCC(C)OCCCCC)cc3)cc2)cc1F. The van der Waals surface area contributed by atoms with Gasteiger partial charge in [0.25, 0.3) is 0 Å². The Bertz CT molecular complexity index is 1060. The van der Waals surface area contributed by atoms with Crippen LogP contribution in [0.4, 0.5) is 4.39 Å². The molecule has 0 bridgehead atoms. The second-order valence-electron chi connectivity index (χ2n) is 9.22. The Morgan fingerprint density at radius 2 is 1.49 bits per heavy atom. The van der Waals surface area contributed by atoms with Crippen LogP contribution in [0.1, 0.15) is 63.5 Å². The van der Waals surface area contributed by atoms with Gasteiger partial charge in [-0.15, -0.1) is 6.58 Å². The summed E-state index contributed by atoms with van der Waals surface area (Å²) in [6.45, 7) is 8.98. The zero-order valence-corrected chi connectivity index (χ0v) is 21.3. The van der Waals surface area contributed by atoms with Gasteiger partial charge in [-0.2, -0.15) is 0 Å². The molecule has 0 saturated heterocycles. The molecule has 0 aliphatic rings. The summed E-state index contributed by atoms with van der Waals surface area (Å²) in [4.78, 5) is 0. The van der Waals surface area contributed by atoms with Crippen molar-refractivity contribution in [2.75, 3.05) is 6.61 Å². The maximum absolute atomic E-state index is 14.3. The first kappa shape index (κ1) is 26.6. The van der Waals surface area contributed by atoms with Crippen molar-refractivity contribution in [3.8, 4) is 22.3 Å². The molecule has 2 heteroatoms. The first-order chi connectivity index (χ1) is 17.1. The predicted octanol–water partition coefficient (Wildman–Crippen LogP) is 9.67. The highest BCUT2D eigenvalue weighted by Gasteiger charge is 2.05. The highest BCUT2D eigenvalue weighted by atomic mass is 19.1. The summed E-state index contributed by atoms with van der Waals surface area (Å²) >= 11 is 0. The fraction of sp³-hybridized carbons (Fsp3) is 0.333. The Labute approximate surface area is 211 Å². The summed E-state index contributed by atoms with van der Waals surface area (Å²) in [6, 6.07) is 22.4. The largest absolute Gasteiger partial charge is 0.379 e. The van der Waals surface area contributed by atoms with Crippen molar-refractivity contribution in [1.29, 1.82) is 0 Å². The first-order valence-corrected chi connectivity index (χ1v) is 13.0. The lowest BCUT2D eigenvalue weighted by Gasteiger charge is -2.12. The third-order valence-corrected chi connectivity index (χ3v) is 6.32. The fourth-order valence-corrected chi connectivity index (χ4v) is 4.15. The Morgan fingerprint density at radius 1 is 0.857 bits per heavy atom. The number of halogens is 1. The number of unbranched alkanes of at least 4 members (excludes halogenated alkanes) is 3. The number of rotatable bonds is 14. The molecule has 0 aliphatic carbocycles. The molecule has 0 saturated carbocycles. The van der Waals surface area contributed by atoms with E-state index in [4.69, 9.17) is 4.74 Å². The molecule has 0 aliphatic heterocycles. The minimum Gasteiger partial charge on any atom is -0.379 e. The number of allylic oxidation sites excluding steroid dienone is 2. The molecule has 1 unspecified atom stereocenters. The molecule has 0 aromatic heterocycles. The third-order valence-electron chi connectivity index (χ3n) is 6.32. The molecule has 35 heavy (non-hydrogen) atoms. The molecule has 0 radical (unpaired) electrons. The van der Waals surface area contributed by atoms with Crippen molar-refractivity contribution in [1.82, 2.24) is 0 Å². The maximum atomic E-state index is 14.3. The summed E-state index contributed by atoms with van der Waals surface area (Å²) in [7, 11) is 0. The van der Waals surface area contributed by atoms with E-state index in [0.29, 0.717) is 18.1 Å². The number of benzene rings is 3. The Kier molecular flexibility index (Phi) is 11.0. The second kappa shape index (κ2) is 14.4. The van der Waals surface area contributed by atoms with E-state index >= 15 is 0 Å². The van der Waals surface area contributed by atoms with E-state index < -0.39 is 0 Å². The van der Waals surface area contributed by atoms with Gasteiger partial charge in [-0.25, -0.2) is 4.39 Å². The van der Waals surface area contributed by atoms with Crippen molar-refractivity contribution in [2.24, 2.45) is 0 Å². The van der Waals surface area contributed by atoms with E-state index in [2.05, 4.69) is 81.1 Å². The summed E-state index contributed by atoms with van der Waals surface area (Å²) < 4.78 is 20.2. The molecule has 184 valence electrons. The summed E-state index contributed by atoms with van der Waals surface area (Å²) in [6.07, 6.45) is 14.1. The van der Waals surface area contributed by atoms with E-state index in [1.54, 1.807) is 12.1 Å². The van der Waals surface area contributed by atoms with Crippen LogP contribution in [0.3, 0.4) is 0 Å². The summed E-state index contributed by atoms with van der Waals surface area (Å²) in [5.41, 5.74) is 6.12. The van der Waals surface area contributed by atoms with E-state index in [-0.39, 0.29) is 5.82 Å². The van der Waals surface area contributed by atoms with Gasteiger partial charge in [0.2, 0.25) is 0 Å². The van der Waals surface area contributed by atoms with Crippen molar-refractivity contribution in [2.45, 2.75) is 64.9 Å². The van der Waals surface area contributed by atoms with Crippen LogP contribution in [-0.2, 0) is 11.2 Å². The molecule has 1 nitrogen and oxygen atoms in total. The maximum Gasteiger partial charge on any atom is 0.127 e. The predicted molar refractivity (Wildman–Crippen MR) is 149 cm³/mol. The van der Waals surface area contributed by atoms with Crippen molar-refractivity contribution in [3.05, 3.63) is 102 Å². The number of hydrogen-bond acceptors (Lipinski definition) is 1. The van der Waals surface area contributed by atoms with Gasteiger partial charge < -0.3 is 4.74 Å². The van der Waals surface area contributed by atoms with Crippen LogP contribution in [0.15, 0.2) is 85.5 Å². The average Bonchev–Trinajstić information content (AvgIpc) is 2.88. The van der Waals surface area contributed by atoms with Crippen molar-refractivity contribution in [3.63, 3.8) is 0 Å². The van der Waals surface area contributed by atoms with Gasteiger partial charge in [0, 0.05) is 6.61 Å². The Morgan fingerprint density at radius 3 is 2.11 bits per heavy atom. The van der Waals surface area contributed by atoms with E-state index in [1.807, 2.05) is 12.1 Å². The van der Waals surface area contributed by atoms with Crippen LogP contribution in [-0.4, -0.2) is 12.7 Å². The molecule has 3 aromatic carbocycles. The Balaban J connectivity index is 1.49. The van der Waals surface area contributed by atoms with Crippen LogP contribution in [0.5, 0.6) is 0 Å². The van der Waals surface area contributed by atoms with Gasteiger partial charge in [0.05, 0.1) is 6.10 Å². The van der Waals surface area contributed by atoms with Crippen LogP contribution in [0.25, 0.3) is 28.3 Å². The summed E-state index contributed by atoms with van der Waals surface area (Å²) in [5, 5.41) is 0. The first-order valence-electron chi connectivity index (χ1n) is 13.0. The third kappa shape index (κ3) is 8.64. The smallest absolute Gasteiger partial charge is 0.127 e. The normalized spacial score (nSPS) is 12.2. The standard InChI is InChI=1S/C33H39FO/c1-4-6-10-24-35-26(3)12-8-7-9-13-27-14-16-28(17-15-27)29-18-20-30(21-19-29)32-23-22-31(11-5-2)33(34)25-32/h5,9,13-23,25-26H,2,4,6-8,10-12,24H2,1,3H3. The number of hydrogen-bond donors (Lipinski definition) is 0. The van der Waals surface area contributed by atoms with E-state index in [0.717, 1.165) is 42.6 Å². The molecule has 0 spiro atoms. The average molecular weight is 471 g/mol. The van der Waals surface area contributed by atoms with Crippen LogP contribution < -0.4 is 0 Å². The lowest BCUT2D eigenvalue weighted by Crippen LogP contribution is -2.08. The minimum absolute atomic E-state index is 0.180. The molecule has 0 amide bonds. The Hall–Kier alpha value is -2.97. The lowest BCUT2D eigenvalue weighted by atomic mass is 9.98. The van der Waals surface area contributed by atoms with E-state index in [1.165, 1.54) is 30.4 Å². The topological polar surface area (TPSA) is 9.23 Å². The zero-order chi connectivity index (χ0) is 24.9. The molecule has 0 fully saturated rings. The molecule has 3 rings (SSSR count). The van der Waals surface area contributed by atoms with Gasteiger partial charge in [0.15, 0.2) is 0 Å². The van der Waals surface area contributed by atoms with Gasteiger partial charge in [0.1, 0.15) is 5.82 Å². The molecule has 0 N–H and O–H groups in total. The molecule has 0 heterocycles. The number of ether oxygens (including phenoxy) is 1. The molecular formula is C33H39FO. The van der Waals surface area contributed by atoms with E-state index in [9.17, 15) is 4.39 Å². The lowest BCUT2D eigenvalue weighted by molar-refractivity contribution is 0.0566. The molecule has 3 aromatic rings. The van der Waals surface area contributed by atoms with Gasteiger partial charge in [-0.3, -0.25) is 0 Å². The van der Waals surface area contributed by atoms with Crippen LogP contribution >= 0.6 is 0 Å². The highest BCUT2D eigenvalue weighted by molar-refractivity contribution is 5.71. The van der Waals surface area contributed by atoms with Gasteiger partial charge in [-0.05, 0) is 78.5 Å². The van der Waals surface area contributed by atoms with Crippen molar-refractivity contribution < 1.29 is 9.13 Å². The quantitative estimate of drug-likeness (QED) is 0.168. The molecule has 1 atom stereocenters. The van der Waals surface area contributed by atoms with Crippen LogP contribution in [0, 0.1) is 5.82 Å². The fourth-order valence-electron chi connectivity index (χ4n) is 4.15. The molecular weight excluding hydrogens is 431 g/mol. The van der Waals surface area contributed by atoms with Crippen LogP contribution in [0.2, 0.25) is 0 Å². The van der Waals surface area contributed by atoms with Gasteiger partial charge in [-0.1, -0.05) is 98.7 Å². The zero-order valence-electron chi connectivity index (χ0n) is 21.3. The highest BCUT2D eigenvalue weighted by Crippen LogP contribution is 2.27. The minimum atomic E-state index is -0.180.